The molecule has 2 saturated heterocycles. The number of halogens is 1. The van der Waals surface area contributed by atoms with Gasteiger partial charge in [0, 0.05) is 56.5 Å². The van der Waals surface area contributed by atoms with E-state index < -0.39 is 0 Å². The summed E-state index contributed by atoms with van der Waals surface area (Å²) < 4.78 is 0. The number of H-pyrrole nitrogens is 1. The fourth-order valence-electron chi connectivity index (χ4n) is 5.03. The Morgan fingerprint density at radius 2 is 1.91 bits per heavy atom. The number of aromatic amines is 1. The zero-order valence-electron chi connectivity index (χ0n) is 19.5. The van der Waals surface area contributed by atoms with Crippen LogP contribution in [0, 0.1) is 5.92 Å². The molecule has 0 bridgehead atoms. The number of nitrogens with zero attached hydrogens (tertiary/aromatic N) is 4. The van der Waals surface area contributed by atoms with Gasteiger partial charge in [-0.15, -0.1) is 0 Å². The number of amides is 1. The van der Waals surface area contributed by atoms with E-state index in [-0.39, 0.29) is 11.8 Å². The molecule has 2 aromatic carbocycles. The van der Waals surface area contributed by atoms with Gasteiger partial charge in [-0.25, -0.2) is 4.98 Å². The van der Waals surface area contributed by atoms with E-state index >= 15 is 0 Å². The Morgan fingerprint density at radius 3 is 2.74 bits per heavy atom. The van der Waals surface area contributed by atoms with E-state index in [0.717, 1.165) is 93.6 Å². The summed E-state index contributed by atoms with van der Waals surface area (Å²) in [4.78, 5) is 28.0. The second kappa shape index (κ2) is 10.7. The average molecular weight is 481 g/mol. The van der Waals surface area contributed by atoms with E-state index in [1.54, 1.807) is 0 Å². The van der Waals surface area contributed by atoms with Crippen molar-refractivity contribution in [1.29, 1.82) is 0 Å². The number of carbonyl (C=O) groups is 1. The first kappa shape index (κ1) is 23.0. The molecule has 0 saturated carbocycles. The molecule has 3 heterocycles. The lowest BCUT2D eigenvalue weighted by Gasteiger charge is -2.36. The minimum atomic E-state index is 0.0169. The van der Waals surface area contributed by atoms with Crippen molar-refractivity contribution in [2.45, 2.75) is 19.3 Å². The topological polar surface area (TPSA) is 67.5 Å². The maximum atomic E-state index is 12.8. The summed E-state index contributed by atoms with van der Waals surface area (Å²) in [6, 6.07) is 16.1. The maximum Gasteiger partial charge on any atom is 0.224 e. The van der Waals surface area contributed by atoms with Crippen molar-refractivity contribution in [2.24, 2.45) is 5.92 Å². The average Bonchev–Trinajstić information content (AvgIpc) is 3.31. The summed E-state index contributed by atoms with van der Waals surface area (Å²) >= 11 is 6.14. The third kappa shape index (κ3) is 5.47. The van der Waals surface area contributed by atoms with Crippen LogP contribution in [0.25, 0.3) is 11.0 Å². The SMILES string of the molecule is O=C(NCCCN1CCN(c2cccc(Cl)c2)CC1)[C@H]1CCCN(c2nc3ccccc3[nH]2)C1. The zero-order valence-corrected chi connectivity index (χ0v) is 20.3. The second-order valence-corrected chi connectivity index (χ2v) is 9.75. The van der Waals surface area contributed by atoms with Gasteiger partial charge in [0.1, 0.15) is 0 Å². The molecule has 2 aliphatic rings. The number of hydrogen-bond acceptors (Lipinski definition) is 5. The van der Waals surface area contributed by atoms with Crippen molar-refractivity contribution in [2.75, 3.05) is 62.2 Å². The van der Waals surface area contributed by atoms with E-state index in [0.29, 0.717) is 0 Å². The number of imidazole rings is 1. The van der Waals surface area contributed by atoms with Gasteiger partial charge >= 0.3 is 0 Å². The number of para-hydroxylation sites is 2. The van der Waals surface area contributed by atoms with Crippen molar-refractivity contribution < 1.29 is 4.79 Å². The minimum Gasteiger partial charge on any atom is -0.369 e. The lowest BCUT2D eigenvalue weighted by atomic mass is 9.97. The molecular formula is C26H33ClN6O. The van der Waals surface area contributed by atoms with Crippen LogP contribution in [0.2, 0.25) is 5.02 Å². The molecule has 1 atom stereocenters. The highest BCUT2D eigenvalue weighted by molar-refractivity contribution is 6.30. The number of benzene rings is 2. The van der Waals surface area contributed by atoms with Gasteiger partial charge in [0.05, 0.1) is 17.0 Å². The van der Waals surface area contributed by atoms with Gasteiger partial charge in [-0.2, -0.15) is 0 Å². The van der Waals surface area contributed by atoms with Crippen LogP contribution in [0.1, 0.15) is 19.3 Å². The minimum absolute atomic E-state index is 0.0169. The molecule has 7 nitrogen and oxygen atoms in total. The molecule has 1 aromatic heterocycles. The Morgan fingerprint density at radius 1 is 1.06 bits per heavy atom. The van der Waals surface area contributed by atoms with Crippen molar-refractivity contribution in [1.82, 2.24) is 20.2 Å². The Balaban J connectivity index is 1.03. The molecule has 34 heavy (non-hydrogen) atoms. The number of carbonyl (C=O) groups excluding carboxylic acids is 1. The summed E-state index contributed by atoms with van der Waals surface area (Å²) in [5.74, 6) is 1.06. The molecule has 3 aromatic rings. The zero-order chi connectivity index (χ0) is 23.3. The van der Waals surface area contributed by atoms with Gasteiger partial charge in [0.25, 0.3) is 0 Å². The molecule has 5 rings (SSSR count). The Labute approximate surface area is 206 Å². The first-order chi connectivity index (χ1) is 16.7. The summed E-state index contributed by atoms with van der Waals surface area (Å²) in [6.45, 7) is 7.49. The number of fused-ring (bicyclic) bond motifs is 1. The number of piperazine rings is 1. The summed E-state index contributed by atoms with van der Waals surface area (Å²) in [6.07, 6.45) is 2.92. The summed E-state index contributed by atoms with van der Waals surface area (Å²) in [7, 11) is 0. The molecule has 2 N–H and O–H groups in total. The highest BCUT2D eigenvalue weighted by Crippen LogP contribution is 2.24. The molecule has 180 valence electrons. The van der Waals surface area contributed by atoms with Gasteiger partial charge in [-0.3, -0.25) is 9.69 Å². The first-order valence-electron chi connectivity index (χ1n) is 12.4. The summed E-state index contributed by atoms with van der Waals surface area (Å²) in [5.41, 5.74) is 3.21. The molecule has 8 heteroatoms. The third-order valence-corrected chi connectivity index (χ3v) is 7.20. The van der Waals surface area contributed by atoms with Crippen molar-refractivity contribution in [3.05, 3.63) is 53.6 Å². The van der Waals surface area contributed by atoms with Crippen LogP contribution in [0.5, 0.6) is 0 Å². The smallest absolute Gasteiger partial charge is 0.224 e. The number of aromatic nitrogens is 2. The van der Waals surface area contributed by atoms with Crippen molar-refractivity contribution >= 4 is 40.2 Å². The van der Waals surface area contributed by atoms with Crippen molar-refractivity contribution in [3.63, 3.8) is 0 Å². The van der Waals surface area contributed by atoms with E-state index in [1.807, 2.05) is 42.5 Å². The van der Waals surface area contributed by atoms with Gasteiger partial charge in [-0.05, 0) is 56.1 Å². The van der Waals surface area contributed by atoms with Crippen LogP contribution in [-0.2, 0) is 4.79 Å². The predicted octanol–water partition coefficient (Wildman–Crippen LogP) is 3.76. The number of rotatable bonds is 7. The number of anilines is 2. The van der Waals surface area contributed by atoms with Crippen LogP contribution in [0.3, 0.4) is 0 Å². The number of nitrogens with one attached hydrogen (secondary N) is 2. The molecule has 0 unspecified atom stereocenters. The maximum absolute atomic E-state index is 12.8. The van der Waals surface area contributed by atoms with Crippen LogP contribution in [-0.4, -0.2) is 73.1 Å². The van der Waals surface area contributed by atoms with Crippen LogP contribution >= 0.6 is 11.6 Å². The molecule has 0 aliphatic carbocycles. The molecular weight excluding hydrogens is 448 g/mol. The number of hydrogen-bond donors (Lipinski definition) is 2. The van der Waals surface area contributed by atoms with Crippen LogP contribution < -0.4 is 15.1 Å². The molecule has 0 radical (unpaired) electrons. The lowest BCUT2D eigenvalue weighted by Crippen LogP contribution is -2.47. The quantitative estimate of drug-likeness (QED) is 0.504. The van der Waals surface area contributed by atoms with Crippen LogP contribution in [0.15, 0.2) is 48.5 Å². The highest BCUT2D eigenvalue weighted by Gasteiger charge is 2.27. The highest BCUT2D eigenvalue weighted by atomic mass is 35.5. The van der Waals surface area contributed by atoms with E-state index in [2.05, 4.69) is 31.1 Å². The largest absolute Gasteiger partial charge is 0.369 e. The lowest BCUT2D eigenvalue weighted by molar-refractivity contribution is -0.125. The van der Waals surface area contributed by atoms with Crippen molar-refractivity contribution in [3.8, 4) is 0 Å². The normalized spacial score (nSPS) is 19.5. The van der Waals surface area contributed by atoms with Gasteiger partial charge in [0.15, 0.2) is 0 Å². The molecule has 2 aliphatic heterocycles. The third-order valence-electron chi connectivity index (χ3n) is 6.96. The Bertz CT molecular complexity index is 1080. The van der Waals surface area contributed by atoms with Crippen LogP contribution in [0.4, 0.5) is 11.6 Å². The Hall–Kier alpha value is -2.77. The first-order valence-corrected chi connectivity index (χ1v) is 12.7. The second-order valence-electron chi connectivity index (χ2n) is 9.32. The Kier molecular flexibility index (Phi) is 7.21. The number of piperidine rings is 1. The molecule has 2 fully saturated rings. The van der Waals surface area contributed by atoms with Gasteiger partial charge < -0.3 is 20.1 Å². The van der Waals surface area contributed by atoms with E-state index in [1.165, 1.54) is 5.69 Å². The molecule has 1 amide bonds. The fourth-order valence-corrected chi connectivity index (χ4v) is 5.22. The van der Waals surface area contributed by atoms with E-state index in [9.17, 15) is 4.79 Å². The van der Waals surface area contributed by atoms with Gasteiger partial charge in [-0.1, -0.05) is 29.8 Å². The predicted molar refractivity (Wildman–Crippen MR) is 139 cm³/mol. The standard InChI is InChI=1S/C26H33ClN6O/c27-21-7-3-8-22(18-21)32-16-14-31(15-17-32)12-5-11-28-25(34)20-6-4-13-33(19-20)26-29-23-9-1-2-10-24(23)30-26/h1-3,7-10,18,20H,4-6,11-17,19H2,(H,28,34)(H,29,30)/t20-/m0/s1. The van der Waals surface area contributed by atoms with Gasteiger partial charge in [0.2, 0.25) is 11.9 Å². The van der Waals surface area contributed by atoms with E-state index in [4.69, 9.17) is 16.6 Å². The fraction of sp³-hybridized carbons (Fsp3) is 0.462. The molecule has 0 spiro atoms. The summed E-state index contributed by atoms with van der Waals surface area (Å²) in [5, 5.41) is 3.97. The monoisotopic (exact) mass is 480 g/mol.